The Morgan fingerprint density at radius 1 is 1.32 bits per heavy atom. The molecule has 6 atom stereocenters. The first kappa shape index (κ1) is 14.8. The van der Waals surface area contributed by atoms with Gasteiger partial charge in [-0.2, -0.15) is 0 Å². The third-order valence-corrected chi connectivity index (χ3v) is 5.04. The fourth-order valence-corrected chi connectivity index (χ4v) is 3.54. The van der Waals surface area contributed by atoms with Crippen molar-refractivity contribution in [3.63, 3.8) is 0 Å². The van der Waals surface area contributed by atoms with Crippen LogP contribution in [0.1, 0.15) is 40.5 Å². The predicted octanol–water partition coefficient (Wildman–Crippen LogP) is 1.63. The summed E-state index contributed by atoms with van der Waals surface area (Å²) in [5.41, 5.74) is 6.00. The molecule has 19 heavy (non-hydrogen) atoms. The molecule has 0 radical (unpaired) electrons. The van der Waals surface area contributed by atoms with Gasteiger partial charge in [-0.25, -0.2) is 0 Å². The van der Waals surface area contributed by atoms with Crippen LogP contribution in [0.2, 0.25) is 0 Å². The van der Waals surface area contributed by atoms with E-state index in [0.717, 1.165) is 25.9 Å². The van der Waals surface area contributed by atoms with Crippen LogP contribution in [0, 0.1) is 17.8 Å². The number of carbonyl (C=O) groups is 1. The SMILES string of the molecule is CC(N)C1CCCN(C(=O)C2C(C)OC(C)C2C)C1. The summed E-state index contributed by atoms with van der Waals surface area (Å²) in [6, 6.07) is 0.171. The summed E-state index contributed by atoms with van der Waals surface area (Å²) in [6.45, 7) is 9.96. The number of hydrogen-bond acceptors (Lipinski definition) is 3. The van der Waals surface area contributed by atoms with Crippen molar-refractivity contribution < 1.29 is 9.53 Å². The van der Waals surface area contributed by atoms with E-state index >= 15 is 0 Å². The van der Waals surface area contributed by atoms with Crippen molar-refractivity contribution in [1.29, 1.82) is 0 Å². The largest absolute Gasteiger partial charge is 0.374 e. The number of piperidine rings is 1. The van der Waals surface area contributed by atoms with Gasteiger partial charge in [0.15, 0.2) is 0 Å². The van der Waals surface area contributed by atoms with Crippen LogP contribution in [0.4, 0.5) is 0 Å². The Morgan fingerprint density at radius 3 is 2.53 bits per heavy atom. The molecule has 2 heterocycles. The van der Waals surface area contributed by atoms with Crippen molar-refractivity contribution in [3.05, 3.63) is 0 Å². The second-order valence-corrected chi connectivity index (χ2v) is 6.48. The lowest BCUT2D eigenvalue weighted by atomic mass is 9.86. The van der Waals surface area contributed by atoms with Crippen LogP contribution >= 0.6 is 0 Å². The Hall–Kier alpha value is -0.610. The zero-order chi connectivity index (χ0) is 14.2. The number of nitrogens with two attached hydrogens (primary N) is 1. The first-order valence-corrected chi connectivity index (χ1v) is 7.61. The maximum atomic E-state index is 12.7. The van der Waals surface area contributed by atoms with Gasteiger partial charge < -0.3 is 15.4 Å². The quantitative estimate of drug-likeness (QED) is 0.828. The molecule has 0 aromatic rings. The lowest BCUT2D eigenvalue weighted by Gasteiger charge is -2.37. The molecular weight excluding hydrogens is 240 g/mol. The summed E-state index contributed by atoms with van der Waals surface area (Å²) in [4.78, 5) is 14.8. The molecule has 0 aromatic carbocycles. The van der Waals surface area contributed by atoms with Crippen LogP contribution in [0.15, 0.2) is 0 Å². The topological polar surface area (TPSA) is 55.6 Å². The monoisotopic (exact) mass is 268 g/mol. The van der Waals surface area contributed by atoms with Crippen LogP contribution in [0.25, 0.3) is 0 Å². The predicted molar refractivity (Wildman–Crippen MR) is 75.6 cm³/mol. The van der Waals surface area contributed by atoms with Crippen LogP contribution in [-0.4, -0.2) is 42.1 Å². The van der Waals surface area contributed by atoms with Crippen molar-refractivity contribution in [2.75, 3.05) is 13.1 Å². The zero-order valence-corrected chi connectivity index (χ0v) is 12.6. The number of nitrogens with zero attached hydrogens (tertiary/aromatic N) is 1. The van der Waals surface area contributed by atoms with Crippen LogP contribution in [-0.2, 0) is 9.53 Å². The van der Waals surface area contributed by atoms with E-state index in [-0.39, 0.29) is 30.1 Å². The molecule has 1 amide bonds. The molecule has 0 aliphatic carbocycles. The Bertz CT molecular complexity index is 332. The summed E-state index contributed by atoms with van der Waals surface area (Å²) in [5, 5.41) is 0. The zero-order valence-electron chi connectivity index (χ0n) is 12.6. The molecule has 2 aliphatic rings. The van der Waals surface area contributed by atoms with Crippen molar-refractivity contribution in [1.82, 2.24) is 4.90 Å². The average molecular weight is 268 g/mol. The van der Waals surface area contributed by atoms with E-state index in [1.807, 2.05) is 18.7 Å². The molecule has 6 unspecified atom stereocenters. The molecule has 0 spiro atoms. The van der Waals surface area contributed by atoms with Crippen LogP contribution < -0.4 is 5.73 Å². The molecule has 2 aliphatic heterocycles. The maximum absolute atomic E-state index is 12.7. The first-order chi connectivity index (χ1) is 8.91. The average Bonchev–Trinajstić information content (AvgIpc) is 2.62. The highest BCUT2D eigenvalue weighted by Crippen LogP contribution is 2.34. The Labute approximate surface area is 116 Å². The smallest absolute Gasteiger partial charge is 0.228 e. The van der Waals surface area contributed by atoms with E-state index in [0.29, 0.717) is 11.8 Å². The number of amides is 1. The number of rotatable bonds is 2. The van der Waals surface area contributed by atoms with Gasteiger partial charge in [-0.15, -0.1) is 0 Å². The second kappa shape index (κ2) is 5.80. The molecule has 2 saturated heterocycles. The van der Waals surface area contributed by atoms with Gasteiger partial charge in [0.1, 0.15) is 0 Å². The minimum atomic E-state index is 0.0156. The second-order valence-electron chi connectivity index (χ2n) is 6.48. The lowest BCUT2D eigenvalue weighted by Crippen LogP contribution is -2.48. The molecule has 0 saturated carbocycles. The molecule has 0 aromatic heterocycles. The van der Waals surface area contributed by atoms with Gasteiger partial charge >= 0.3 is 0 Å². The highest BCUT2D eigenvalue weighted by atomic mass is 16.5. The molecular formula is C15H28N2O2. The van der Waals surface area contributed by atoms with Gasteiger partial charge in [0.05, 0.1) is 18.1 Å². The van der Waals surface area contributed by atoms with Crippen molar-refractivity contribution in [2.24, 2.45) is 23.5 Å². The minimum Gasteiger partial charge on any atom is -0.374 e. The summed E-state index contributed by atoms with van der Waals surface area (Å²) in [5.74, 6) is 1.04. The fraction of sp³-hybridized carbons (Fsp3) is 0.933. The Morgan fingerprint density at radius 2 is 2.00 bits per heavy atom. The minimum absolute atomic E-state index is 0.0156. The van der Waals surface area contributed by atoms with Gasteiger partial charge in [-0.1, -0.05) is 6.92 Å². The summed E-state index contributed by atoms with van der Waals surface area (Å²) in [6.07, 6.45) is 2.43. The molecule has 2 rings (SSSR count). The van der Waals surface area contributed by atoms with Crippen molar-refractivity contribution >= 4 is 5.91 Å². The van der Waals surface area contributed by atoms with E-state index in [4.69, 9.17) is 10.5 Å². The molecule has 0 bridgehead atoms. The van der Waals surface area contributed by atoms with Crippen LogP contribution in [0.3, 0.4) is 0 Å². The summed E-state index contributed by atoms with van der Waals surface area (Å²) < 4.78 is 5.80. The van der Waals surface area contributed by atoms with E-state index in [9.17, 15) is 4.79 Å². The van der Waals surface area contributed by atoms with Gasteiger partial charge in [0.25, 0.3) is 0 Å². The van der Waals surface area contributed by atoms with Gasteiger partial charge in [0.2, 0.25) is 5.91 Å². The highest BCUT2D eigenvalue weighted by molar-refractivity contribution is 5.80. The number of carbonyl (C=O) groups excluding carboxylic acids is 1. The van der Waals surface area contributed by atoms with E-state index in [1.54, 1.807) is 0 Å². The van der Waals surface area contributed by atoms with Crippen LogP contribution in [0.5, 0.6) is 0 Å². The van der Waals surface area contributed by atoms with Gasteiger partial charge in [-0.05, 0) is 45.4 Å². The van der Waals surface area contributed by atoms with E-state index in [1.165, 1.54) is 0 Å². The van der Waals surface area contributed by atoms with Gasteiger partial charge in [0, 0.05) is 19.1 Å². The molecule has 110 valence electrons. The molecule has 4 heteroatoms. The maximum Gasteiger partial charge on any atom is 0.228 e. The third kappa shape index (κ3) is 2.95. The molecule has 2 fully saturated rings. The lowest BCUT2D eigenvalue weighted by molar-refractivity contribution is -0.139. The number of likely N-dealkylation sites (tertiary alicyclic amines) is 1. The van der Waals surface area contributed by atoms with Crippen molar-refractivity contribution in [2.45, 2.75) is 58.8 Å². The highest BCUT2D eigenvalue weighted by Gasteiger charge is 2.43. The molecule has 4 nitrogen and oxygen atoms in total. The number of hydrogen-bond donors (Lipinski definition) is 1. The summed E-state index contributed by atoms with van der Waals surface area (Å²) in [7, 11) is 0. The van der Waals surface area contributed by atoms with E-state index in [2.05, 4.69) is 13.8 Å². The normalized spacial score (nSPS) is 41.3. The van der Waals surface area contributed by atoms with Gasteiger partial charge in [-0.3, -0.25) is 4.79 Å². The Kier molecular flexibility index (Phi) is 4.51. The molecule has 2 N–H and O–H groups in total. The third-order valence-electron chi connectivity index (χ3n) is 5.04. The van der Waals surface area contributed by atoms with Crippen molar-refractivity contribution in [3.8, 4) is 0 Å². The first-order valence-electron chi connectivity index (χ1n) is 7.61. The fourth-order valence-electron chi connectivity index (χ4n) is 3.54. The summed E-state index contributed by atoms with van der Waals surface area (Å²) >= 11 is 0. The standard InChI is InChI=1S/C15H28N2O2/c1-9-11(3)19-12(4)14(9)15(18)17-7-5-6-13(8-17)10(2)16/h9-14H,5-8,16H2,1-4H3. The Balaban J connectivity index is 2.03. The number of ether oxygens (including phenoxy) is 1. The van der Waals surface area contributed by atoms with E-state index < -0.39 is 0 Å².